The number of H-pyrrole nitrogens is 2. The molecule has 2 aromatic heterocycles. The van der Waals surface area contributed by atoms with Gasteiger partial charge in [-0.25, -0.2) is 14.8 Å². The monoisotopic (exact) mass is 492 g/mol. The van der Waals surface area contributed by atoms with E-state index in [1.54, 1.807) is 0 Å². The molecule has 0 saturated carbocycles. The van der Waals surface area contributed by atoms with Gasteiger partial charge in [-0.15, -0.1) is 0 Å². The first kappa shape index (κ1) is 27.0. The first-order valence-corrected chi connectivity index (χ1v) is 10.6. The van der Waals surface area contributed by atoms with Gasteiger partial charge >= 0.3 is 11.9 Å². The molecule has 4 atom stereocenters. The van der Waals surface area contributed by atoms with E-state index in [9.17, 15) is 29.1 Å². The summed E-state index contributed by atoms with van der Waals surface area (Å²) in [6.07, 6.45) is 5.02. The van der Waals surface area contributed by atoms with Crippen LogP contribution in [0.15, 0.2) is 25.0 Å². The number of hydrogen-bond donors (Lipinski definition) is 8. The standard InChI is InChI=1S/C20H28N8O7/c1-10(26-18(32)13(21)4-11-6-22-8-24-11)17(31)28-15(5-12-7-23-9-25-12)19(33)27-14(20(34)35)2-3-16(29)30/h6-10,13-15H,2-5,21H2,1H3,(H,22,24)(H,23,25)(H,26,32)(H,27,33)(H,28,31)(H,29,30)(H,34,35). The highest BCUT2D eigenvalue weighted by molar-refractivity contribution is 5.94. The number of carbonyl (C=O) groups excluding carboxylic acids is 3. The molecular weight excluding hydrogens is 464 g/mol. The Morgan fingerprint density at radius 2 is 1.46 bits per heavy atom. The Morgan fingerprint density at radius 1 is 0.886 bits per heavy atom. The zero-order valence-electron chi connectivity index (χ0n) is 18.9. The molecule has 2 heterocycles. The van der Waals surface area contributed by atoms with Crippen molar-refractivity contribution in [1.82, 2.24) is 35.9 Å². The SMILES string of the molecule is CC(NC(=O)C(N)Cc1cnc[nH]1)C(=O)NC(Cc1cnc[nH]1)C(=O)NC(CCC(=O)O)C(=O)O. The smallest absolute Gasteiger partial charge is 0.326 e. The highest BCUT2D eigenvalue weighted by Crippen LogP contribution is 2.04. The zero-order chi connectivity index (χ0) is 26.0. The fraction of sp³-hybridized carbons (Fsp3) is 0.450. The van der Waals surface area contributed by atoms with E-state index in [2.05, 4.69) is 35.9 Å². The second kappa shape index (κ2) is 12.8. The van der Waals surface area contributed by atoms with Gasteiger partial charge in [-0.2, -0.15) is 0 Å². The Morgan fingerprint density at radius 3 is 1.97 bits per heavy atom. The van der Waals surface area contributed by atoms with E-state index in [4.69, 9.17) is 10.8 Å². The molecule has 0 saturated heterocycles. The van der Waals surface area contributed by atoms with Crippen molar-refractivity contribution in [2.75, 3.05) is 0 Å². The molecule has 0 aliphatic carbocycles. The van der Waals surface area contributed by atoms with Crippen molar-refractivity contribution in [2.45, 2.75) is 56.8 Å². The minimum Gasteiger partial charge on any atom is -0.481 e. The van der Waals surface area contributed by atoms with E-state index < -0.39 is 60.2 Å². The summed E-state index contributed by atoms with van der Waals surface area (Å²) in [7, 11) is 0. The summed E-state index contributed by atoms with van der Waals surface area (Å²) in [6.45, 7) is 1.40. The molecule has 9 N–H and O–H groups in total. The van der Waals surface area contributed by atoms with Crippen LogP contribution in [0, 0.1) is 0 Å². The molecule has 0 aromatic carbocycles. The lowest BCUT2D eigenvalue weighted by Crippen LogP contribution is -2.57. The third-order valence-electron chi connectivity index (χ3n) is 4.96. The quantitative estimate of drug-likeness (QED) is 0.140. The number of nitrogens with one attached hydrogen (secondary N) is 5. The molecule has 190 valence electrons. The predicted octanol–water partition coefficient (Wildman–Crippen LogP) is -2.33. The van der Waals surface area contributed by atoms with Crippen LogP contribution in [-0.4, -0.2) is 84.0 Å². The maximum absolute atomic E-state index is 12.8. The number of nitrogens with zero attached hydrogens (tertiary/aromatic N) is 2. The van der Waals surface area contributed by atoms with E-state index in [-0.39, 0.29) is 19.3 Å². The Kier molecular flexibility index (Phi) is 9.89. The van der Waals surface area contributed by atoms with Gasteiger partial charge in [0.15, 0.2) is 0 Å². The Labute approximate surface area is 199 Å². The number of aromatic nitrogens is 4. The minimum atomic E-state index is -1.47. The van der Waals surface area contributed by atoms with Gasteiger partial charge in [0.1, 0.15) is 18.1 Å². The molecule has 2 aromatic rings. The second-order valence-corrected chi connectivity index (χ2v) is 7.79. The number of aliphatic carboxylic acids is 2. The van der Waals surface area contributed by atoms with Crippen LogP contribution in [0.1, 0.15) is 31.2 Å². The van der Waals surface area contributed by atoms with Crippen molar-refractivity contribution in [3.63, 3.8) is 0 Å². The van der Waals surface area contributed by atoms with E-state index in [1.165, 1.54) is 32.0 Å². The summed E-state index contributed by atoms with van der Waals surface area (Å²) in [5.74, 6) is -4.80. The normalized spacial score (nSPS) is 14.2. The molecule has 3 amide bonds. The van der Waals surface area contributed by atoms with Crippen LogP contribution in [-0.2, 0) is 36.8 Å². The average Bonchev–Trinajstić information content (AvgIpc) is 3.49. The van der Waals surface area contributed by atoms with E-state index in [0.29, 0.717) is 11.4 Å². The number of aromatic amines is 2. The molecule has 15 heteroatoms. The van der Waals surface area contributed by atoms with Crippen LogP contribution in [0.3, 0.4) is 0 Å². The predicted molar refractivity (Wildman–Crippen MR) is 119 cm³/mol. The van der Waals surface area contributed by atoms with Crippen LogP contribution < -0.4 is 21.7 Å². The molecular formula is C20H28N8O7. The number of carboxylic acids is 2. The molecule has 0 radical (unpaired) electrons. The number of hydrogen-bond acceptors (Lipinski definition) is 8. The summed E-state index contributed by atoms with van der Waals surface area (Å²) in [5, 5.41) is 25.3. The number of carbonyl (C=O) groups is 5. The van der Waals surface area contributed by atoms with Crippen molar-refractivity contribution in [1.29, 1.82) is 0 Å². The van der Waals surface area contributed by atoms with E-state index >= 15 is 0 Å². The topological polar surface area (TPSA) is 245 Å². The van der Waals surface area contributed by atoms with E-state index in [1.807, 2.05) is 0 Å². The van der Waals surface area contributed by atoms with Crippen LogP contribution in [0.5, 0.6) is 0 Å². The van der Waals surface area contributed by atoms with Gasteiger partial charge in [-0.05, 0) is 13.3 Å². The van der Waals surface area contributed by atoms with Crippen LogP contribution in [0.2, 0.25) is 0 Å². The molecule has 35 heavy (non-hydrogen) atoms. The third-order valence-corrected chi connectivity index (χ3v) is 4.96. The second-order valence-electron chi connectivity index (χ2n) is 7.79. The molecule has 0 fully saturated rings. The molecule has 0 bridgehead atoms. The highest BCUT2D eigenvalue weighted by atomic mass is 16.4. The average molecular weight is 492 g/mol. The van der Waals surface area contributed by atoms with E-state index in [0.717, 1.165) is 0 Å². The molecule has 0 aliphatic rings. The largest absolute Gasteiger partial charge is 0.481 e. The Hall–Kier alpha value is -4.27. The number of carboxylic acid groups (broad SMARTS) is 2. The summed E-state index contributed by atoms with van der Waals surface area (Å²) < 4.78 is 0. The Balaban J connectivity index is 2.02. The van der Waals surface area contributed by atoms with Gasteiger partial charge in [0.25, 0.3) is 0 Å². The number of imidazole rings is 2. The van der Waals surface area contributed by atoms with Gasteiger partial charge in [0.2, 0.25) is 17.7 Å². The molecule has 2 rings (SSSR count). The van der Waals surface area contributed by atoms with Crippen LogP contribution in [0.4, 0.5) is 0 Å². The summed E-state index contributed by atoms with van der Waals surface area (Å²) in [5.41, 5.74) is 6.97. The lowest BCUT2D eigenvalue weighted by Gasteiger charge is -2.23. The van der Waals surface area contributed by atoms with Gasteiger partial charge in [-0.1, -0.05) is 0 Å². The fourth-order valence-corrected chi connectivity index (χ4v) is 3.03. The van der Waals surface area contributed by atoms with Crippen LogP contribution >= 0.6 is 0 Å². The van der Waals surface area contributed by atoms with Gasteiger partial charge in [0, 0.05) is 43.0 Å². The first-order chi connectivity index (χ1) is 16.6. The lowest BCUT2D eigenvalue weighted by molar-refractivity contribution is -0.143. The summed E-state index contributed by atoms with van der Waals surface area (Å²) in [6, 6.07) is -4.75. The zero-order valence-corrected chi connectivity index (χ0v) is 18.9. The summed E-state index contributed by atoms with van der Waals surface area (Å²) >= 11 is 0. The molecule has 0 spiro atoms. The van der Waals surface area contributed by atoms with Crippen molar-refractivity contribution in [2.24, 2.45) is 5.73 Å². The lowest BCUT2D eigenvalue weighted by atomic mass is 10.1. The van der Waals surface area contributed by atoms with Crippen molar-refractivity contribution in [3.05, 3.63) is 36.4 Å². The maximum Gasteiger partial charge on any atom is 0.326 e. The maximum atomic E-state index is 12.8. The van der Waals surface area contributed by atoms with Crippen molar-refractivity contribution < 1.29 is 34.2 Å². The molecule has 15 nitrogen and oxygen atoms in total. The van der Waals surface area contributed by atoms with Gasteiger partial charge in [-0.3, -0.25) is 19.2 Å². The summed E-state index contributed by atoms with van der Waals surface area (Å²) in [4.78, 5) is 73.4. The Bertz CT molecular complexity index is 1010. The number of nitrogens with two attached hydrogens (primary N) is 1. The molecule has 0 aliphatic heterocycles. The van der Waals surface area contributed by atoms with Crippen molar-refractivity contribution in [3.8, 4) is 0 Å². The van der Waals surface area contributed by atoms with Gasteiger partial charge < -0.3 is 41.9 Å². The molecule has 4 unspecified atom stereocenters. The fourth-order valence-electron chi connectivity index (χ4n) is 3.03. The third kappa shape index (κ3) is 8.88. The minimum absolute atomic E-state index is 0.0666. The number of amides is 3. The highest BCUT2D eigenvalue weighted by Gasteiger charge is 2.29. The van der Waals surface area contributed by atoms with Gasteiger partial charge in [0.05, 0.1) is 18.7 Å². The van der Waals surface area contributed by atoms with Crippen molar-refractivity contribution >= 4 is 29.7 Å². The number of rotatable bonds is 14. The first-order valence-electron chi connectivity index (χ1n) is 10.6. The van der Waals surface area contributed by atoms with Crippen LogP contribution in [0.25, 0.3) is 0 Å².